The lowest BCUT2D eigenvalue weighted by molar-refractivity contribution is -0.154. The van der Waals surface area contributed by atoms with Gasteiger partial charge in [-0.15, -0.1) is 12.4 Å². The number of ketones is 1. The monoisotopic (exact) mass is 297 g/mol. The van der Waals surface area contributed by atoms with Crippen LogP contribution in [0, 0.1) is 5.92 Å². The van der Waals surface area contributed by atoms with E-state index in [9.17, 15) is 9.59 Å². The van der Waals surface area contributed by atoms with Crippen LogP contribution >= 0.6 is 12.4 Å². The van der Waals surface area contributed by atoms with E-state index in [-0.39, 0.29) is 24.1 Å². The molecule has 1 aromatic carbocycles. The van der Waals surface area contributed by atoms with E-state index >= 15 is 0 Å². The third kappa shape index (κ3) is 3.58. The van der Waals surface area contributed by atoms with Crippen molar-refractivity contribution in [2.45, 2.75) is 12.8 Å². The molecule has 20 heavy (non-hydrogen) atoms. The third-order valence-electron chi connectivity index (χ3n) is 3.45. The third-order valence-corrected chi connectivity index (χ3v) is 3.45. The van der Waals surface area contributed by atoms with Crippen molar-refractivity contribution in [3.8, 4) is 0 Å². The number of benzene rings is 1. The first kappa shape index (κ1) is 16.7. The predicted octanol–water partition coefficient (Wildman–Crippen LogP) is 1.89. The molecule has 0 amide bonds. The zero-order chi connectivity index (χ0) is 13.8. The number of likely N-dealkylation sites (tertiary alicyclic amines) is 1. The van der Waals surface area contributed by atoms with Gasteiger partial charge in [0.1, 0.15) is 5.92 Å². The standard InChI is InChI=1S/C15H19NO3.ClH/c1-3-19-15(18)13-10-16(2)9-12(14(13)17)11-7-5-4-6-8-11;/h4-8,12-13H,3,9-10H2,1-2H3;1H/t12-,13-;/m0./s1. The minimum Gasteiger partial charge on any atom is -0.465 e. The van der Waals surface area contributed by atoms with Crippen molar-refractivity contribution in [2.24, 2.45) is 5.92 Å². The fraction of sp³-hybridized carbons (Fsp3) is 0.467. The molecule has 5 heteroatoms. The summed E-state index contributed by atoms with van der Waals surface area (Å²) in [5.41, 5.74) is 0.966. The van der Waals surface area contributed by atoms with E-state index in [0.717, 1.165) is 5.56 Å². The van der Waals surface area contributed by atoms with E-state index in [0.29, 0.717) is 19.7 Å². The van der Waals surface area contributed by atoms with Crippen LogP contribution in [0.25, 0.3) is 0 Å². The average molecular weight is 298 g/mol. The number of halogens is 1. The van der Waals surface area contributed by atoms with E-state index in [1.165, 1.54) is 0 Å². The second kappa shape index (κ2) is 7.41. The molecule has 0 saturated carbocycles. The maximum atomic E-state index is 12.5. The second-order valence-electron chi connectivity index (χ2n) is 4.89. The van der Waals surface area contributed by atoms with Gasteiger partial charge in [-0.2, -0.15) is 0 Å². The van der Waals surface area contributed by atoms with Gasteiger partial charge in [-0.25, -0.2) is 0 Å². The molecule has 1 heterocycles. The van der Waals surface area contributed by atoms with Crippen LogP contribution in [-0.2, 0) is 14.3 Å². The van der Waals surface area contributed by atoms with Gasteiger partial charge in [0, 0.05) is 13.1 Å². The normalized spacial score (nSPS) is 23.0. The number of rotatable bonds is 3. The van der Waals surface area contributed by atoms with Crippen molar-refractivity contribution in [1.82, 2.24) is 4.90 Å². The molecular weight excluding hydrogens is 278 g/mol. The van der Waals surface area contributed by atoms with E-state index in [1.54, 1.807) is 6.92 Å². The largest absolute Gasteiger partial charge is 0.465 e. The zero-order valence-electron chi connectivity index (χ0n) is 11.7. The molecular formula is C15H20ClNO3. The number of esters is 1. The Morgan fingerprint density at radius 2 is 1.95 bits per heavy atom. The predicted molar refractivity (Wildman–Crippen MR) is 79.1 cm³/mol. The number of piperidine rings is 1. The van der Waals surface area contributed by atoms with E-state index in [1.807, 2.05) is 42.3 Å². The van der Waals surface area contributed by atoms with Gasteiger partial charge < -0.3 is 9.64 Å². The lowest BCUT2D eigenvalue weighted by Crippen LogP contribution is -2.47. The van der Waals surface area contributed by atoms with Gasteiger partial charge in [-0.1, -0.05) is 30.3 Å². The number of hydrogen-bond donors (Lipinski definition) is 0. The summed E-state index contributed by atoms with van der Waals surface area (Å²) in [6.07, 6.45) is 0. The van der Waals surface area contributed by atoms with Crippen molar-refractivity contribution in [3.63, 3.8) is 0 Å². The number of carbonyl (C=O) groups excluding carboxylic acids is 2. The Balaban J connectivity index is 0.00000200. The van der Waals surface area contributed by atoms with Gasteiger partial charge in [0.25, 0.3) is 0 Å². The Hall–Kier alpha value is -1.39. The van der Waals surface area contributed by atoms with Crippen molar-refractivity contribution in [2.75, 3.05) is 26.7 Å². The number of ether oxygens (including phenoxy) is 1. The highest BCUT2D eigenvalue weighted by Gasteiger charge is 2.39. The molecule has 110 valence electrons. The van der Waals surface area contributed by atoms with Crippen molar-refractivity contribution in [3.05, 3.63) is 35.9 Å². The number of likely N-dealkylation sites (N-methyl/N-ethyl adjacent to an activating group) is 1. The summed E-state index contributed by atoms with van der Waals surface area (Å²) in [7, 11) is 1.93. The topological polar surface area (TPSA) is 46.6 Å². The molecule has 0 unspecified atom stereocenters. The van der Waals surface area contributed by atoms with Crippen molar-refractivity contribution in [1.29, 1.82) is 0 Å². The van der Waals surface area contributed by atoms with Crippen LogP contribution in [0.15, 0.2) is 30.3 Å². The molecule has 0 bridgehead atoms. The minimum absolute atomic E-state index is 0. The van der Waals surface area contributed by atoms with Crippen LogP contribution < -0.4 is 0 Å². The van der Waals surface area contributed by atoms with E-state index < -0.39 is 11.9 Å². The Kier molecular flexibility index (Phi) is 6.17. The molecule has 0 N–H and O–H groups in total. The van der Waals surface area contributed by atoms with Crippen molar-refractivity contribution < 1.29 is 14.3 Å². The lowest BCUT2D eigenvalue weighted by atomic mass is 9.83. The van der Waals surface area contributed by atoms with Gasteiger partial charge in [0.05, 0.1) is 12.5 Å². The van der Waals surface area contributed by atoms with Gasteiger partial charge in [-0.05, 0) is 19.5 Å². The number of hydrogen-bond acceptors (Lipinski definition) is 4. The Morgan fingerprint density at radius 3 is 2.55 bits per heavy atom. The minimum atomic E-state index is -0.663. The molecule has 1 aliphatic rings. The summed E-state index contributed by atoms with van der Waals surface area (Å²) >= 11 is 0. The molecule has 1 saturated heterocycles. The Bertz CT molecular complexity index is 463. The van der Waals surface area contributed by atoms with Crippen LogP contribution in [0.3, 0.4) is 0 Å². The molecule has 1 fully saturated rings. The fourth-order valence-corrected chi connectivity index (χ4v) is 2.51. The molecule has 2 rings (SSSR count). The maximum Gasteiger partial charge on any atom is 0.317 e. The first-order chi connectivity index (χ1) is 9.13. The maximum absolute atomic E-state index is 12.5. The number of Topliss-reactive ketones (excluding diaryl/α,β-unsaturated/α-hetero) is 1. The number of carbonyl (C=O) groups is 2. The van der Waals surface area contributed by atoms with E-state index in [4.69, 9.17) is 4.74 Å². The van der Waals surface area contributed by atoms with Crippen LogP contribution in [0.4, 0.5) is 0 Å². The van der Waals surface area contributed by atoms with Crippen LogP contribution in [0.5, 0.6) is 0 Å². The molecule has 2 atom stereocenters. The summed E-state index contributed by atoms with van der Waals surface area (Å²) in [6, 6.07) is 9.62. The molecule has 1 aliphatic heterocycles. The van der Waals surface area contributed by atoms with Gasteiger partial charge in [0.2, 0.25) is 0 Å². The fourth-order valence-electron chi connectivity index (χ4n) is 2.51. The van der Waals surface area contributed by atoms with Crippen molar-refractivity contribution >= 4 is 24.2 Å². The summed E-state index contributed by atoms with van der Waals surface area (Å²) in [6.45, 7) is 3.16. The highest BCUT2D eigenvalue weighted by molar-refractivity contribution is 6.03. The first-order valence-electron chi connectivity index (χ1n) is 6.57. The molecule has 0 spiro atoms. The average Bonchev–Trinajstić information content (AvgIpc) is 2.42. The SMILES string of the molecule is CCOC(=O)[C@H]1CN(C)C[C@@H](c2ccccc2)C1=O.Cl. The Morgan fingerprint density at radius 1 is 1.30 bits per heavy atom. The summed E-state index contributed by atoms with van der Waals surface area (Å²) in [5.74, 6) is -1.33. The summed E-state index contributed by atoms with van der Waals surface area (Å²) in [4.78, 5) is 26.3. The van der Waals surface area contributed by atoms with Gasteiger partial charge in [-0.3, -0.25) is 9.59 Å². The van der Waals surface area contributed by atoms with Crippen LogP contribution in [-0.4, -0.2) is 43.4 Å². The highest BCUT2D eigenvalue weighted by atomic mass is 35.5. The molecule has 0 radical (unpaired) electrons. The Labute approximate surface area is 125 Å². The van der Waals surface area contributed by atoms with Gasteiger partial charge >= 0.3 is 5.97 Å². The zero-order valence-corrected chi connectivity index (χ0v) is 12.6. The van der Waals surface area contributed by atoms with E-state index in [2.05, 4.69) is 0 Å². The molecule has 4 nitrogen and oxygen atoms in total. The summed E-state index contributed by atoms with van der Waals surface area (Å²) < 4.78 is 5.00. The summed E-state index contributed by atoms with van der Waals surface area (Å²) in [5, 5.41) is 0. The van der Waals surface area contributed by atoms with Crippen LogP contribution in [0.2, 0.25) is 0 Å². The van der Waals surface area contributed by atoms with Crippen LogP contribution in [0.1, 0.15) is 18.4 Å². The highest BCUT2D eigenvalue weighted by Crippen LogP contribution is 2.27. The lowest BCUT2D eigenvalue weighted by Gasteiger charge is -2.33. The number of nitrogens with zero attached hydrogens (tertiary/aromatic N) is 1. The quantitative estimate of drug-likeness (QED) is 0.631. The molecule has 0 aromatic heterocycles. The molecule has 0 aliphatic carbocycles. The second-order valence-corrected chi connectivity index (χ2v) is 4.89. The first-order valence-corrected chi connectivity index (χ1v) is 6.57. The smallest absolute Gasteiger partial charge is 0.317 e. The molecule has 1 aromatic rings. The van der Waals surface area contributed by atoms with Gasteiger partial charge in [0.15, 0.2) is 5.78 Å².